The molecule has 0 aromatic heterocycles. The Hall–Kier alpha value is -2.29. The van der Waals surface area contributed by atoms with Gasteiger partial charge in [-0.15, -0.1) is 0 Å². The van der Waals surface area contributed by atoms with E-state index in [9.17, 15) is 9.90 Å². The van der Waals surface area contributed by atoms with Crippen molar-refractivity contribution in [2.45, 2.75) is 24.8 Å². The van der Waals surface area contributed by atoms with Gasteiger partial charge in [-0.2, -0.15) is 0 Å². The lowest BCUT2D eigenvalue weighted by atomic mass is 9.75. The summed E-state index contributed by atoms with van der Waals surface area (Å²) in [4.78, 5) is 13.5. The number of likely N-dealkylation sites (tertiary alicyclic amines) is 1. The monoisotopic (exact) mass is 281 g/mol. The van der Waals surface area contributed by atoms with E-state index in [1.54, 1.807) is 4.90 Å². The number of benzene rings is 2. The lowest BCUT2D eigenvalue weighted by molar-refractivity contribution is 0.0679. The van der Waals surface area contributed by atoms with Crippen LogP contribution in [0.15, 0.2) is 60.7 Å². The quantitative estimate of drug-likeness (QED) is 0.900. The van der Waals surface area contributed by atoms with Crippen molar-refractivity contribution >= 4 is 6.09 Å². The van der Waals surface area contributed by atoms with Crippen LogP contribution in [0.25, 0.3) is 0 Å². The normalized spacial score (nSPS) is 17.4. The zero-order valence-electron chi connectivity index (χ0n) is 11.9. The molecular formula is C18H19NO2. The highest BCUT2D eigenvalue weighted by Gasteiger charge is 2.44. The molecule has 1 amide bonds. The van der Waals surface area contributed by atoms with E-state index in [1.165, 1.54) is 0 Å². The number of amides is 1. The molecule has 0 radical (unpaired) electrons. The minimum absolute atomic E-state index is 0.563. The van der Waals surface area contributed by atoms with Crippen LogP contribution >= 0.6 is 0 Å². The van der Waals surface area contributed by atoms with Gasteiger partial charge in [-0.25, -0.2) is 4.79 Å². The standard InChI is InChI=1S/C18H19NO2/c20-17(21)19-14-8-7-13-18(19,15-9-3-1-4-10-15)16-11-5-2-6-12-16/h1-6,9-12H,7-8,13-14H2,(H,20,21). The molecule has 2 aromatic rings. The number of hydrogen-bond donors (Lipinski definition) is 1. The summed E-state index contributed by atoms with van der Waals surface area (Å²) in [5.74, 6) is 0. The zero-order valence-corrected chi connectivity index (χ0v) is 11.9. The summed E-state index contributed by atoms with van der Waals surface area (Å²) >= 11 is 0. The molecule has 1 aliphatic heterocycles. The molecule has 1 aliphatic rings. The fourth-order valence-electron chi connectivity index (χ4n) is 3.43. The molecule has 108 valence electrons. The predicted molar refractivity (Wildman–Crippen MR) is 82.2 cm³/mol. The number of hydrogen-bond acceptors (Lipinski definition) is 1. The maximum Gasteiger partial charge on any atom is 0.408 e. The van der Waals surface area contributed by atoms with E-state index in [0.29, 0.717) is 6.54 Å². The molecule has 2 aromatic carbocycles. The summed E-state index contributed by atoms with van der Waals surface area (Å²) in [6.45, 7) is 0.582. The van der Waals surface area contributed by atoms with Crippen molar-refractivity contribution in [2.24, 2.45) is 0 Å². The van der Waals surface area contributed by atoms with Gasteiger partial charge in [0.05, 0.1) is 5.54 Å². The van der Waals surface area contributed by atoms with Gasteiger partial charge in [0, 0.05) is 6.54 Å². The van der Waals surface area contributed by atoms with Gasteiger partial charge in [0.2, 0.25) is 0 Å². The van der Waals surface area contributed by atoms with Crippen molar-refractivity contribution < 1.29 is 9.90 Å². The second-order valence-corrected chi connectivity index (χ2v) is 5.48. The first-order chi connectivity index (χ1) is 10.2. The molecule has 1 N–H and O–H groups in total. The molecule has 3 heteroatoms. The SMILES string of the molecule is O=C(O)N1CCCCC1(c1ccccc1)c1ccccc1. The van der Waals surface area contributed by atoms with Crippen LogP contribution in [0.3, 0.4) is 0 Å². The van der Waals surface area contributed by atoms with E-state index in [1.807, 2.05) is 60.7 Å². The first-order valence-electron chi connectivity index (χ1n) is 7.37. The molecule has 0 atom stereocenters. The van der Waals surface area contributed by atoms with Crippen LogP contribution in [0.1, 0.15) is 30.4 Å². The van der Waals surface area contributed by atoms with Crippen molar-refractivity contribution in [3.63, 3.8) is 0 Å². The van der Waals surface area contributed by atoms with E-state index < -0.39 is 11.6 Å². The molecule has 3 nitrogen and oxygen atoms in total. The summed E-state index contributed by atoms with van der Waals surface area (Å²) in [7, 11) is 0. The largest absolute Gasteiger partial charge is 0.465 e. The average molecular weight is 281 g/mol. The van der Waals surface area contributed by atoms with Gasteiger partial charge in [-0.1, -0.05) is 60.7 Å². The van der Waals surface area contributed by atoms with Crippen LogP contribution in [0.4, 0.5) is 4.79 Å². The predicted octanol–water partition coefficient (Wildman–Crippen LogP) is 4.09. The van der Waals surface area contributed by atoms with Crippen LogP contribution in [0.2, 0.25) is 0 Å². The van der Waals surface area contributed by atoms with Crippen LogP contribution < -0.4 is 0 Å². The summed E-state index contributed by atoms with van der Waals surface area (Å²) in [6, 6.07) is 20.0. The minimum atomic E-state index is -0.845. The molecule has 0 unspecified atom stereocenters. The summed E-state index contributed by atoms with van der Waals surface area (Å²) in [5.41, 5.74) is 1.55. The Bertz CT molecular complexity index is 570. The molecule has 1 heterocycles. The Morgan fingerprint density at radius 3 is 1.90 bits per heavy atom. The van der Waals surface area contributed by atoms with Crippen molar-refractivity contribution in [3.05, 3.63) is 71.8 Å². The molecule has 1 fully saturated rings. The second kappa shape index (κ2) is 5.60. The van der Waals surface area contributed by atoms with Gasteiger partial charge in [-0.3, -0.25) is 4.90 Å². The number of nitrogens with zero attached hydrogens (tertiary/aromatic N) is 1. The van der Waals surface area contributed by atoms with E-state index >= 15 is 0 Å². The molecule has 0 spiro atoms. The number of carbonyl (C=O) groups is 1. The fraction of sp³-hybridized carbons (Fsp3) is 0.278. The van der Waals surface area contributed by atoms with Crippen LogP contribution in [-0.2, 0) is 5.54 Å². The van der Waals surface area contributed by atoms with E-state index in [-0.39, 0.29) is 0 Å². The molecule has 3 rings (SSSR count). The van der Waals surface area contributed by atoms with E-state index in [2.05, 4.69) is 0 Å². The van der Waals surface area contributed by atoms with Gasteiger partial charge in [0.1, 0.15) is 0 Å². The highest BCUT2D eigenvalue weighted by atomic mass is 16.4. The fourth-order valence-corrected chi connectivity index (χ4v) is 3.43. The zero-order chi connectivity index (χ0) is 14.7. The highest BCUT2D eigenvalue weighted by Crippen LogP contribution is 2.43. The lowest BCUT2D eigenvalue weighted by Gasteiger charge is -2.46. The minimum Gasteiger partial charge on any atom is -0.465 e. The van der Waals surface area contributed by atoms with Gasteiger partial charge >= 0.3 is 6.09 Å². The Labute approximate surface area is 124 Å². The lowest BCUT2D eigenvalue weighted by Crippen LogP contribution is -2.52. The summed E-state index contributed by atoms with van der Waals surface area (Å²) < 4.78 is 0. The molecule has 21 heavy (non-hydrogen) atoms. The van der Waals surface area contributed by atoms with Crippen molar-refractivity contribution in [2.75, 3.05) is 6.54 Å². The third kappa shape index (κ3) is 2.29. The summed E-state index contributed by atoms with van der Waals surface area (Å²) in [6.07, 6.45) is 1.94. The Morgan fingerprint density at radius 2 is 1.43 bits per heavy atom. The number of piperidine rings is 1. The van der Waals surface area contributed by atoms with Crippen LogP contribution in [0.5, 0.6) is 0 Å². The Morgan fingerprint density at radius 1 is 0.905 bits per heavy atom. The van der Waals surface area contributed by atoms with Crippen LogP contribution in [-0.4, -0.2) is 22.6 Å². The average Bonchev–Trinajstić information content (AvgIpc) is 2.56. The molecule has 0 aliphatic carbocycles. The van der Waals surface area contributed by atoms with Crippen molar-refractivity contribution in [1.29, 1.82) is 0 Å². The third-order valence-electron chi connectivity index (χ3n) is 4.36. The van der Waals surface area contributed by atoms with E-state index in [4.69, 9.17) is 0 Å². The Balaban J connectivity index is 2.21. The second-order valence-electron chi connectivity index (χ2n) is 5.48. The first kappa shape index (κ1) is 13.7. The molecule has 1 saturated heterocycles. The Kier molecular flexibility index (Phi) is 3.65. The summed E-state index contributed by atoms with van der Waals surface area (Å²) in [5, 5.41) is 9.72. The highest BCUT2D eigenvalue weighted by molar-refractivity contribution is 5.68. The smallest absolute Gasteiger partial charge is 0.408 e. The van der Waals surface area contributed by atoms with Crippen LogP contribution in [0, 0.1) is 0 Å². The van der Waals surface area contributed by atoms with Gasteiger partial charge in [-0.05, 0) is 30.4 Å². The maximum absolute atomic E-state index is 11.8. The topological polar surface area (TPSA) is 40.5 Å². The maximum atomic E-state index is 11.8. The van der Waals surface area contributed by atoms with Gasteiger partial charge in [0.15, 0.2) is 0 Å². The van der Waals surface area contributed by atoms with E-state index in [0.717, 1.165) is 30.4 Å². The molecular weight excluding hydrogens is 262 g/mol. The molecule has 0 bridgehead atoms. The first-order valence-corrected chi connectivity index (χ1v) is 7.37. The van der Waals surface area contributed by atoms with Crippen molar-refractivity contribution in [1.82, 2.24) is 4.90 Å². The number of rotatable bonds is 2. The van der Waals surface area contributed by atoms with Gasteiger partial charge < -0.3 is 5.11 Å². The van der Waals surface area contributed by atoms with Crippen molar-refractivity contribution in [3.8, 4) is 0 Å². The van der Waals surface area contributed by atoms with Gasteiger partial charge in [0.25, 0.3) is 0 Å². The number of carboxylic acid groups (broad SMARTS) is 1. The molecule has 0 saturated carbocycles. The third-order valence-corrected chi connectivity index (χ3v) is 4.36.